The third-order valence-electron chi connectivity index (χ3n) is 2.64. The third-order valence-corrected chi connectivity index (χ3v) is 4.92. The van der Waals surface area contributed by atoms with Crippen molar-refractivity contribution >= 4 is 15.7 Å². The van der Waals surface area contributed by atoms with Crippen molar-refractivity contribution in [2.45, 2.75) is 24.5 Å². The summed E-state index contributed by atoms with van der Waals surface area (Å²) in [5, 5.41) is 5.27. The van der Waals surface area contributed by atoms with E-state index in [9.17, 15) is 13.2 Å². The molecule has 1 aliphatic heterocycles. The molecule has 1 unspecified atom stereocenters. The molecule has 1 aliphatic rings. The van der Waals surface area contributed by atoms with Crippen molar-refractivity contribution in [2.75, 3.05) is 25.9 Å². The van der Waals surface area contributed by atoms with Crippen LogP contribution in [-0.4, -0.2) is 45.5 Å². The first-order valence-corrected chi connectivity index (χ1v) is 6.90. The summed E-state index contributed by atoms with van der Waals surface area (Å²) in [6.07, 6.45) is 1.91. The van der Waals surface area contributed by atoms with Crippen LogP contribution >= 0.6 is 0 Å². The van der Waals surface area contributed by atoms with Gasteiger partial charge in [-0.2, -0.15) is 0 Å². The smallest absolute Gasteiger partial charge is 0.221 e. The molecule has 0 aromatic heterocycles. The molecule has 1 rings (SSSR count). The molecule has 5 nitrogen and oxygen atoms in total. The van der Waals surface area contributed by atoms with Gasteiger partial charge in [0.2, 0.25) is 5.91 Å². The zero-order chi connectivity index (χ0) is 11.3. The van der Waals surface area contributed by atoms with Gasteiger partial charge in [-0.05, 0) is 12.8 Å². The van der Waals surface area contributed by atoms with E-state index in [-0.39, 0.29) is 11.2 Å². The van der Waals surface area contributed by atoms with E-state index in [0.717, 1.165) is 12.8 Å². The minimum Gasteiger partial charge on any atom is -0.359 e. The summed E-state index contributed by atoms with van der Waals surface area (Å²) in [6, 6.07) is 0. The molecular weight excluding hydrogens is 216 g/mol. The van der Waals surface area contributed by atoms with Crippen LogP contribution in [0.3, 0.4) is 0 Å². The number of sulfone groups is 1. The number of rotatable bonds is 5. The first-order chi connectivity index (χ1) is 7.06. The highest BCUT2D eigenvalue weighted by molar-refractivity contribution is 7.92. The Morgan fingerprint density at radius 1 is 1.47 bits per heavy atom. The van der Waals surface area contributed by atoms with Gasteiger partial charge in [0, 0.05) is 26.6 Å². The van der Waals surface area contributed by atoms with E-state index in [1.807, 2.05) is 0 Å². The standard InChI is InChI=1S/C9H18N2O3S/c1-10-9(12)4-5-11-7-8-3-2-6-15(8,13)14/h8,11H,2-7H2,1H3,(H,10,12). The minimum absolute atomic E-state index is 0.0308. The Bertz CT molecular complexity index is 313. The number of carbonyl (C=O) groups is 1. The highest BCUT2D eigenvalue weighted by Gasteiger charge is 2.30. The molecule has 88 valence electrons. The van der Waals surface area contributed by atoms with Crippen LogP contribution < -0.4 is 10.6 Å². The highest BCUT2D eigenvalue weighted by atomic mass is 32.2. The monoisotopic (exact) mass is 234 g/mol. The van der Waals surface area contributed by atoms with Crippen molar-refractivity contribution in [3.05, 3.63) is 0 Å². The van der Waals surface area contributed by atoms with Gasteiger partial charge in [0.15, 0.2) is 9.84 Å². The van der Waals surface area contributed by atoms with E-state index in [4.69, 9.17) is 0 Å². The highest BCUT2D eigenvalue weighted by Crippen LogP contribution is 2.18. The zero-order valence-electron chi connectivity index (χ0n) is 8.95. The zero-order valence-corrected chi connectivity index (χ0v) is 9.77. The lowest BCUT2D eigenvalue weighted by Gasteiger charge is -2.10. The molecule has 0 spiro atoms. The summed E-state index contributed by atoms with van der Waals surface area (Å²) in [6.45, 7) is 1.00. The summed E-state index contributed by atoms with van der Waals surface area (Å²) in [5.41, 5.74) is 0. The summed E-state index contributed by atoms with van der Waals surface area (Å²) in [7, 11) is -1.27. The van der Waals surface area contributed by atoms with Gasteiger partial charge in [-0.25, -0.2) is 8.42 Å². The van der Waals surface area contributed by atoms with Crippen LogP contribution in [0.2, 0.25) is 0 Å². The lowest BCUT2D eigenvalue weighted by molar-refractivity contribution is -0.120. The van der Waals surface area contributed by atoms with Crippen LogP contribution in [-0.2, 0) is 14.6 Å². The molecule has 0 aromatic rings. The first kappa shape index (κ1) is 12.4. The topological polar surface area (TPSA) is 75.3 Å². The van der Waals surface area contributed by atoms with Crippen LogP contribution in [0.25, 0.3) is 0 Å². The van der Waals surface area contributed by atoms with E-state index in [0.29, 0.717) is 25.3 Å². The summed E-state index contributed by atoms with van der Waals surface area (Å²) >= 11 is 0. The lowest BCUT2D eigenvalue weighted by Crippen LogP contribution is -2.33. The normalized spacial score (nSPS) is 23.9. The molecule has 0 saturated carbocycles. The molecule has 0 radical (unpaired) electrons. The number of amides is 1. The van der Waals surface area contributed by atoms with Gasteiger partial charge in [0.1, 0.15) is 0 Å². The fourth-order valence-electron chi connectivity index (χ4n) is 1.68. The molecule has 1 heterocycles. The average molecular weight is 234 g/mol. The van der Waals surface area contributed by atoms with Gasteiger partial charge in [-0.15, -0.1) is 0 Å². The van der Waals surface area contributed by atoms with Crippen LogP contribution in [0.5, 0.6) is 0 Å². The molecule has 2 N–H and O–H groups in total. The van der Waals surface area contributed by atoms with Gasteiger partial charge in [0.05, 0.1) is 11.0 Å². The van der Waals surface area contributed by atoms with Crippen molar-refractivity contribution in [3.8, 4) is 0 Å². The van der Waals surface area contributed by atoms with Crippen molar-refractivity contribution in [3.63, 3.8) is 0 Å². The van der Waals surface area contributed by atoms with Gasteiger partial charge in [0.25, 0.3) is 0 Å². The second-order valence-electron chi connectivity index (χ2n) is 3.76. The Morgan fingerprint density at radius 3 is 2.73 bits per heavy atom. The van der Waals surface area contributed by atoms with Crippen molar-refractivity contribution in [2.24, 2.45) is 0 Å². The molecule has 6 heteroatoms. The number of nitrogens with one attached hydrogen (secondary N) is 2. The average Bonchev–Trinajstić information content (AvgIpc) is 2.52. The molecule has 0 aliphatic carbocycles. The number of hydrogen-bond donors (Lipinski definition) is 2. The Morgan fingerprint density at radius 2 is 2.20 bits per heavy atom. The first-order valence-electron chi connectivity index (χ1n) is 5.19. The third kappa shape index (κ3) is 3.79. The fraction of sp³-hybridized carbons (Fsp3) is 0.889. The Hall–Kier alpha value is -0.620. The van der Waals surface area contributed by atoms with Crippen molar-refractivity contribution in [1.82, 2.24) is 10.6 Å². The van der Waals surface area contributed by atoms with Gasteiger partial charge >= 0.3 is 0 Å². The largest absolute Gasteiger partial charge is 0.359 e. The van der Waals surface area contributed by atoms with E-state index >= 15 is 0 Å². The SMILES string of the molecule is CNC(=O)CCNCC1CCCS1(=O)=O. The van der Waals surface area contributed by atoms with Crippen molar-refractivity contribution in [1.29, 1.82) is 0 Å². The molecular formula is C9H18N2O3S. The van der Waals surface area contributed by atoms with Crippen LogP contribution in [0.1, 0.15) is 19.3 Å². The second-order valence-corrected chi connectivity index (χ2v) is 6.16. The number of hydrogen-bond acceptors (Lipinski definition) is 4. The Balaban J connectivity index is 2.18. The quantitative estimate of drug-likeness (QED) is 0.616. The second kappa shape index (κ2) is 5.46. The predicted molar refractivity (Wildman–Crippen MR) is 58.4 cm³/mol. The van der Waals surface area contributed by atoms with Gasteiger partial charge < -0.3 is 10.6 Å². The summed E-state index contributed by atoms with van der Waals surface area (Å²) < 4.78 is 22.9. The molecule has 1 fully saturated rings. The Kier molecular flexibility index (Phi) is 4.53. The maximum atomic E-state index is 11.4. The van der Waals surface area contributed by atoms with Crippen molar-refractivity contribution < 1.29 is 13.2 Å². The lowest BCUT2D eigenvalue weighted by atomic mass is 10.2. The van der Waals surface area contributed by atoms with E-state index in [2.05, 4.69) is 10.6 Å². The molecule has 1 atom stereocenters. The minimum atomic E-state index is -2.86. The molecule has 0 aromatic carbocycles. The van der Waals surface area contributed by atoms with Crippen LogP contribution in [0.15, 0.2) is 0 Å². The van der Waals surface area contributed by atoms with E-state index < -0.39 is 9.84 Å². The van der Waals surface area contributed by atoms with Crippen LogP contribution in [0, 0.1) is 0 Å². The Labute approximate surface area is 90.5 Å². The molecule has 1 saturated heterocycles. The maximum Gasteiger partial charge on any atom is 0.221 e. The molecule has 1 amide bonds. The molecule has 0 bridgehead atoms. The fourth-order valence-corrected chi connectivity index (χ4v) is 3.48. The van der Waals surface area contributed by atoms with E-state index in [1.165, 1.54) is 0 Å². The summed E-state index contributed by atoms with van der Waals surface area (Å²) in [5.74, 6) is 0.284. The van der Waals surface area contributed by atoms with E-state index in [1.54, 1.807) is 7.05 Å². The summed E-state index contributed by atoms with van der Waals surface area (Å²) in [4.78, 5) is 10.9. The number of carbonyl (C=O) groups excluding carboxylic acids is 1. The maximum absolute atomic E-state index is 11.4. The van der Waals surface area contributed by atoms with Gasteiger partial charge in [-0.1, -0.05) is 0 Å². The predicted octanol–water partition coefficient (Wildman–Crippen LogP) is -0.711. The molecule has 15 heavy (non-hydrogen) atoms. The van der Waals surface area contributed by atoms with Crippen LogP contribution in [0.4, 0.5) is 0 Å². The van der Waals surface area contributed by atoms with Gasteiger partial charge in [-0.3, -0.25) is 4.79 Å².